The molecule has 0 nitrogen and oxygen atoms in total. The Balaban J connectivity index is 1.64. The van der Waals surface area contributed by atoms with Crippen LogP contribution in [0.5, 0.6) is 0 Å². The van der Waals surface area contributed by atoms with Crippen molar-refractivity contribution in [3.8, 4) is 0 Å². The molecule has 0 bridgehead atoms. The van der Waals surface area contributed by atoms with Crippen molar-refractivity contribution in [2.24, 2.45) is 11.3 Å². The second-order valence-electron chi connectivity index (χ2n) is 7.99. The minimum absolute atomic E-state index is 0.427. The fraction of sp³-hybridized carbons (Fsp3) is 0.636. The summed E-state index contributed by atoms with van der Waals surface area (Å²) < 4.78 is 38.2. The van der Waals surface area contributed by atoms with Crippen LogP contribution in [-0.4, -0.2) is 0 Å². The number of alkyl halides is 3. The first kappa shape index (κ1) is 18.5. The third-order valence-electron chi connectivity index (χ3n) is 6.55. The van der Waals surface area contributed by atoms with Crippen molar-refractivity contribution < 1.29 is 13.2 Å². The molecule has 1 saturated carbocycles. The summed E-state index contributed by atoms with van der Waals surface area (Å²) in [6, 6.07) is 5.87. The second kappa shape index (κ2) is 7.55. The molecular weight excluding hydrogens is 321 g/mol. The summed E-state index contributed by atoms with van der Waals surface area (Å²) >= 11 is 0. The second-order valence-corrected chi connectivity index (χ2v) is 7.99. The maximum atomic E-state index is 12.7. The first-order chi connectivity index (χ1) is 11.9. The van der Waals surface area contributed by atoms with Crippen LogP contribution in [0.3, 0.4) is 0 Å². The van der Waals surface area contributed by atoms with Crippen LogP contribution in [0.4, 0.5) is 13.2 Å². The van der Waals surface area contributed by atoms with Crippen LogP contribution in [0.1, 0.15) is 81.8 Å². The summed E-state index contributed by atoms with van der Waals surface area (Å²) in [4.78, 5) is 0. The van der Waals surface area contributed by atoms with Crippen LogP contribution < -0.4 is 0 Å². The van der Waals surface area contributed by atoms with Gasteiger partial charge in [0.25, 0.3) is 0 Å². The third kappa shape index (κ3) is 4.12. The van der Waals surface area contributed by atoms with Gasteiger partial charge in [-0.2, -0.15) is 13.2 Å². The monoisotopic (exact) mass is 350 g/mol. The highest BCUT2D eigenvalue weighted by atomic mass is 19.4. The molecule has 1 unspecified atom stereocenters. The molecule has 0 heterocycles. The van der Waals surface area contributed by atoms with E-state index < -0.39 is 11.7 Å². The highest BCUT2D eigenvalue weighted by molar-refractivity contribution is 5.27. The van der Waals surface area contributed by atoms with Crippen molar-refractivity contribution in [1.29, 1.82) is 0 Å². The Hall–Kier alpha value is -1.25. The summed E-state index contributed by atoms with van der Waals surface area (Å²) in [6.45, 7) is 2.29. The predicted molar refractivity (Wildman–Crippen MR) is 96.5 cm³/mol. The molecule has 0 radical (unpaired) electrons. The zero-order chi connectivity index (χ0) is 17.9. The smallest absolute Gasteiger partial charge is 0.166 e. The Morgan fingerprint density at radius 2 is 1.68 bits per heavy atom. The van der Waals surface area contributed by atoms with E-state index >= 15 is 0 Å². The van der Waals surface area contributed by atoms with Crippen molar-refractivity contribution in [2.45, 2.75) is 76.8 Å². The van der Waals surface area contributed by atoms with E-state index in [0.29, 0.717) is 11.3 Å². The van der Waals surface area contributed by atoms with Gasteiger partial charge in [-0.1, -0.05) is 37.6 Å². The fourth-order valence-electron chi connectivity index (χ4n) is 5.19. The highest BCUT2D eigenvalue weighted by Crippen LogP contribution is 2.51. The van der Waals surface area contributed by atoms with Gasteiger partial charge in [0, 0.05) is 0 Å². The molecular formula is C22H29F3. The van der Waals surface area contributed by atoms with E-state index in [0.717, 1.165) is 24.3 Å². The van der Waals surface area contributed by atoms with Gasteiger partial charge in [-0.25, -0.2) is 0 Å². The lowest BCUT2D eigenvalue weighted by molar-refractivity contribution is -0.137. The van der Waals surface area contributed by atoms with Crippen LogP contribution >= 0.6 is 0 Å². The van der Waals surface area contributed by atoms with E-state index in [1.54, 1.807) is 12.1 Å². The average Bonchev–Trinajstić information content (AvgIpc) is 2.62. The molecule has 0 N–H and O–H groups in total. The van der Waals surface area contributed by atoms with Gasteiger partial charge < -0.3 is 0 Å². The minimum Gasteiger partial charge on any atom is -0.166 e. The van der Waals surface area contributed by atoms with Crippen molar-refractivity contribution in [3.05, 3.63) is 47.5 Å². The Labute approximate surface area is 149 Å². The van der Waals surface area contributed by atoms with Crippen LogP contribution in [0.15, 0.2) is 36.4 Å². The van der Waals surface area contributed by atoms with Crippen LogP contribution in [0, 0.1) is 11.3 Å². The zero-order valence-corrected chi connectivity index (χ0v) is 15.1. The lowest BCUT2D eigenvalue weighted by Gasteiger charge is -2.45. The molecule has 2 aliphatic rings. The highest BCUT2D eigenvalue weighted by Gasteiger charge is 2.39. The maximum absolute atomic E-state index is 12.7. The first-order valence-electron chi connectivity index (χ1n) is 9.77. The van der Waals surface area contributed by atoms with E-state index in [9.17, 15) is 13.2 Å². The van der Waals surface area contributed by atoms with Crippen molar-refractivity contribution in [1.82, 2.24) is 0 Å². The molecule has 0 spiro atoms. The van der Waals surface area contributed by atoms with Crippen LogP contribution in [0.2, 0.25) is 0 Å². The van der Waals surface area contributed by atoms with Crippen LogP contribution in [-0.2, 0) is 6.18 Å². The summed E-state index contributed by atoms with van der Waals surface area (Å²) in [6.07, 6.45) is 11.4. The molecule has 3 rings (SSSR count). The van der Waals surface area contributed by atoms with Gasteiger partial charge in [0.1, 0.15) is 0 Å². The van der Waals surface area contributed by atoms with Crippen molar-refractivity contribution in [2.75, 3.05) is 0 Å². The van der Waals surface area contributed by atoms with E-state index in [1.807, 2.05) is 0 Å². The van der Waals surface area contributed by atoms with Gasteiger partial charge in [0.05, 0.1) is 5.56 Å². The number of benzene rings is 1. The Bertz CT molecular complexity index is 576. The van der Waals surface area contributed by atoms with Crippen molar-refractivity contribution in [3.63, 3.8) is 0 Å². The van der Waals surface area contributed by atoms with Gasteiger partial charge >= 0.3 is 6.18 Å². The van der Waals surface area contributed by atoms with E-state index in [-0.39, 0.29) is 0 Å². The van der Waals surface area contributed by atoms with E-state index in [2.05, 4.69) is 19.1 Å². The summed E-state index contributed by atoms with van der Waals surface area (Å²) in [5.41, 5.74) is 1.02. The Morgan fingerprint density at radius 3 is 2.20 bits per heavy atom. The molecule has 1 aromatic carbocycles. The lowest BCUT2D eigenvalue weighted by Crippen LogP contribution is -2.34. The first-order valence-corrected chi connectivity index (χ1v) is 9.77. The topological polar surface area (TPSA) is 0 Å². The lowest BCUT2D eigenvalue weighted by atomic mass is 9.60. The number of hydrogen-bond acceptors (Lipinski definition) is 0. The SMILES string of the molecule is CCCC1(C2CCC(c3ccc(C(F)(F)F)cc3)CC2)CC=CCC1. The van der Waals surface area contributed by atoms with Gasteiger partial charge in [-0.3, -0.25) is 0 Å². The summed E-state index contributed by atoms with van der Waals surface area (Å²) in [5, 5.41) is 0. The van der Waals surface area contributed by atoms with Gasteiger partial charge in [-0.05, 0) is 86.3 Å². The molecule has 2 aliphatic carbocycles. The maximum Gasteiger partial charge on any atom is 0.416 e. The largest absolute Gasteiger partial charge is 0.416 e. The molecule has 3 heteroatoms. The number of allylic oxidation sites excluding steroid dienone is 2. The zero-order valence-electron chi connectivity index (χ0n) is 15.1. The normalized spacial score (nSPS) is 30.4. The Kier molecular flexibility index (Phi) is 5.60. The molecule has 0 aromatic heterocycles. The summed E-state index contributed by atoms with van der Waals surface area (Å²) in [5.74, 6) is 1.21. The van der Waals surface area contributed by atoms with Gasteiger partial charge in [0.15, 0.2) is 0 Å². The summed E-state index contributed by atoms with van der Waals surface area (Å²) in [7, 11) is 0. The quantitative estimate of drug-likeness (QED) is 0.493. The number of hydrogen-bond donors (Lipinski definition) is 0. The predicted octanol–water partition coefficient (Wildman–Crippen LogP) is 7.51. The van der Waals surface area contributed by atoms with Crippen molar-refractivity contribution >= 4 is 0 Å². The molecule has 25 heavy (non-hydrogen) atoms. The molecule has 1 atom stereocenters. The Morgan fingerprint density at radius 1 is 1.00 bits per heavy atom. The van der Waals surface area contributed by atoms with Gasteiger partial charge in [0.2, 0.25) is 0 Å². The standard InChI is InChI=1S/C22H29F3/c1-2-14-21(15-4-3-5-16-21)19-10-6-17(7-11-19)18-8-12-20(13-9-18)22(23,24)25/h3-4,8-9,12-13,17,19H,2,5-7,10-11,14-16H2,1H3. The molecule has 138 valence electrons. The fourth-order valence-corrected chi connectivity index (χ4v) is 5.19. The average molecular weight is 350 g/mol. The van der Waals surface area contributed by atoms with E-state index in [4.69, 9.17) is 0 Å². The third-order valence-corrected chi connectivity index (χ3v) is 6.55. The molecule has 1 fully saturated rings. The molecule has 0 saturated heterocycles. The van der Waals surface area contributed by atoms with E-state index in [1.165, 1.54) is 57.1 Å². The van der Waals surface area contributed by atoms with Gasteiger partial charge in [-0.15, -0.1) is 0 Å². The molecule has 0 aliphatic heterocycles. The molecule has 1 aromatic rings. The number of halogens is 3. The molecule has 0 amide bonds. The minimum atomic E-state index is -4.24. The van der Waals surface area contributed by atoms with Crippen LogP contribution in [0.25, 0.3) is 0 Å². The number of rotatable bonds is 4.